The molecule has 0 radical (unpaired) electrons. The van der Waals surface area contributed by atoms with Crippen LogP contribution in [0.3, 0.4) is 0 Å². The van der Waals surface area contributed by atoms with Crippen molar-refractivity contribution in [3.63, 3.8) is 0 Å². The smallest absolute Gasteiger partial charge is 0.298 e. The minimum atomic E-state index is -5.18. The van der Waals surface area contributed by atoms with E-state index >= 15 is 0 Å². The van der Waals surface area contributed by atoms with Gasteiger partial charge in [0.25, 0.3) is 5.56 Å². The molecule has 0 fully saturated rings. The SMILES string of the molecule is Cn1c(=O)[nH]c2scc(CC(=O)NN=NC(C=S)C3CCC(F)=C(C(F)(F)F)C3F)c2c1=O. The number of alkyl halides is 4. The molecule has 15 heteroatoms. The average Bonchev–Trinajstić information content (AvgIpc) is 3.11. The molecule has 1 amide bonds. The van der Waals surface area contributed by atoms with E-state index in [-0.39, 0.29) is 18.2 Å². The van der Waals surface area contributed by atoms with Gasteiger partial charge in [0.15, 0.2) is 0 Å². The van der Waals surface area contributed by atoms with Crippen LogP contribution in [-0.2, 0) is 18.3 Å². The number of thiocarbonyl (C=S) groups is 1. The van der Waals surface area contributed by atoms with Crippen molar-refractivity contribution in [1.82, 2.24) is 15.0 Å². The van der Waals surface area contributed by atoms with Crippen molar-refractivity contribution in [2.24, 2.45) is 23.3 Å². The predicted molar refractivity (Wildman–Crippen MR) is 114 cm³/mol. The first-order chi connectivity index (χ1) is 15.5. The summed E-state index contributed by atoms with van der Waals surface area (Å²) in [6, 6.07) is -1.32. The number of fused-ring (bicyclic) bond motifs is 1. The standard InChI is InChI=1S/C18H16F5N5O3S2/c1-28-16(30)12-7(6-33-15(12)24-17(28)31)4-11(29)26-27-25-10(5-32)8-2-3-9(19)13(14(8)20)18(21,22)23/h5-6,8,10,14H,2-4H2,1H3,(H,24,31)(H,25,26,29). The second-order valence-corrected chi connectivity index (χ2v) is 8.39. The summed E-state index contributed by atoms with van der Waals surface area (Å²) in [5, 5.41) is 9.57. The van der Waals surface area contributed by atoms with Crippen LogP contribution in [-0.4, -0.2) is 39.2 Å². The summed E-state index contributed by atoms with van der Waals surface area (Å²) in [5.41, 5.74) is -0.721. The van der Waals surface area contributed by atoms with E-state index in [9.17, 15) is 36.3 Å². The number of nitrogens with zero attached hydrogens (tertiary/aromatic N) is 3. The van der Waals surface area contributed by atoms with E-state index in [0.29, 0.717) is 10.4 Å². The molecule has 2 aromatic heterocycles. The maximum absolute atomic E-state index is 14.5. The van der Waals surface area contributed by atoms with E-state index in [0.717, 1.165) is 21.3 Å². The Morgan fingerprint density at radius 3 is 2.79 bits per heavy atom. The summed E-state index contributed by atoms with van der Waals surface area (Å²) in [4.78, 5) is 38.9. The van der Waals surface area contributed by atoms with Gasteiger partial charge in [-0.3, -0.25) is 19.1 Å². The molecule has 0 aromatic carbocycles. The number of amides is 1. The minimum Gasteiger partial charge on any atom is -0.298 e. The van der Waals surface area contributed by atoms with Crippen LogP contribution in [0.15, 0.2) is 36.7 Å². The Morgan fingerprint density at radius 1 is 1.45 bits per heavy atom. The van der Waals surface area contributed by atoms with Crippen LogP contribution in [0, 0.1) is 5.92 Å². The molecule has 33 heavy (non-hydrogen) atoms. The Labute approximate surface area is 191 Å². The molecule has 0 spiro atoms. The van der Waals surface area contributed by atoms with Crippen molar-refractivity contribution >= 4 is 45.0 Å². The van der Waals surface area contributed by atoms with Crippen LogP contribution in [0.4, 0.5) is 22.0 Å². The van der Waals surface area contributed by atoms with Gasteiger partial charge < -0.3 is 0 Å². The van der Waals surface area contributed by atoms with Crippen LogP contribution in [0.1, 0.15) is 18.4 Å². The molecule has 2 N–H and O–H groups in total. The van der Waals surface area contributed by atoms with Gasteiger partial charge in [-0.25, -0.2) is 19.0 Å². The number of rotatable bonds is 6. The van der Waals surface area contributed by atoms with Crippen LogP contribution in [0.5, 0.6) is 0 Å². The lowest BCUT2D eigenvalue weighted by molar-refractivity contribution is -0.120. The topological polar surface area (TPSA) is 109 Å². The van der Waals surface area contributed by atoms with E-state index in [4.69, 9.17) is 12.2 Å². The highest BCUT2D eigenvalue weighted by atomic mass is 32.1. The zero-order valence-electron chi connectivity index (χ0n) is 16.8. The van der Waals surface area contributed by atoms with Gasteiger partial charge in [0.1, 0.15) is 22.9 Å². The van der Waals surface area contributed by atoms with Gasteiger partial charge in [-0.1, -0.05) is 17.4 Å². The van der Waals surface area contributed by atoms with Crippen molar-refractivity contribution in [2.45, 2.75) is 37.7 Å². The molecular formula is C18H16F5N5O3S2. The number of H-pyrrole nitrogens is 1. The van der Waals surface area contributed by atoms with Gasteiger partial charge in [-0.05, 0) is 17.4 Å². The number of carbonyl (C=O) groups excluding carboxylic acids is 1. The number of thiophene rings is 1. The molecule has 8 nitrogen and oxygen atoms in total. The number of hydrogen-bond donors (Lipinski definition) is 2. The first-order valence-corrected chi connectivity index (χ1v) is 10.7. The Bertz CT molecular complexity index is 1260. The summed E-state index contributed by atoms with van der Waals surface area (Å²) < 4.78 is 67.8. The van der Waals surface area contributed by atoms with Gasteiger partial charge in [-0.2, -0.15) is 18.3 Å². The highest BCUT2D eigenvalue weighted by molar-refractivity contribution is 7.79. The Morgan fingerprint density at radius 2 is 2.15 bits per heavy atom. The average molecular weight is 509 g/mol. The fourth-order valence-corrected chi connectivity index (χ4v) is 4.66. The number of aromatic nitrogens is 2. The zero-order chi connectivity index (χ0) is 24.5. The molecule has 3 unspecified atom stereocenters. The molecular weight excluding hydrogens is 493 g/mol. The Balaban J connectivity index is 1.71. The van der Waals surface area contributed by atoms with Gasteiger partial charge in [0.05, 0.1) is 17.4 Å². The quantitative estimate of drug-likeness (QED) is 0.270. The Kier molecular flexibility index (Phi) is 7.21. The maximum atomic E-state index is 14.5. The van der Waals surface area contributed by atoms with Crippen molar-refractivity contribution in [3.8, 4) is 0 Å². The molecule has 0 saturated heterocycles. The first kappa shape index (κ1) is 24.8. The second-order valence-electron chi connectivity index (χ2n) is 7.23. The lowest BCUT2D eigenvalue weighted by Gasteiger charge is -2.30. The van der Waals surface area contributed by atoms with Gasteiger partial charge >= 0.3 is 11.9 Å². The van der Waals surface area contributed by atoms with Crippen molar-refractivity contribution in [2.75, 3.05) is 0 Å². The first-order valence-electron chi connectivity index (χ1n) is 9.38. The number of halogens is 5. The summed E-state index contributed by atoms with van der Waals surface area (Å²) in [5.74, 6) is -3.69. The number of aromatic amines is 1. The van der Waals surface area contributed by atoms with Crippen molar-refractivity contribution in [1.29, 1.82) is 0 Å². The Hall–Kier alpha value is -2.81. The van der Waals surface area contributed by atoms with E-state index in [2.05, 4.69) is 15.3 Å². The van der Waals surface area contributed by atoms with Crippen molar-refractivity contribution < 1.29 is 26.7 Å². The third kappa shape index (κ3) is 5.08. The van der Waals surface area contributed by atoms with E-state index in [1.165, 1.54) is 12.4 Å². The normalized spacial score (nSPS) is 20.4. The summed E-state index contributed by atoms with van der Waals surface area (Å²) in [6.07, 6.45) is -9.08. The molecule has 0 aliphatic heterocycles. The largest absolute Gasteiger partial charge is 0.417 e. The van der Waals surface area contributed by atoms with Gasteiger partial charge in [0.2, 0.25) is 5.91 Å². The second kappa shape index (κ2) is 9.59. The monoisotopic (exact) mass is 509 g/mol. The third-order valence-corrected chi connectivity index (χ3v) is 6.38. The molecule has 0 saturated carbocycles. The van der Waals surface area contributed by atoms with E-state index in [1.807, 2.05) is 5.43 Å². The van der Waals surface area contributed by atoms with Gasteiger partial charge in [-0.15, -0.1) is 11.3 Å². The molecule has 3 atom stereocenters. The molecule has 1 aliphatic carbocycles. The molecule has 0 bridgehead atoms. The van der Waals surface area contributed by atoms with Crippen LogP contribution in [0.25, 0.3) is 10.2 Å². The van der Waals surface area contributed by atoms with Crippen LogP contribution in [0.2, 0.25) is 0 Å². The highest BCUT2D eigenvalue weighted by Crippen LogP contribution is 2.43. The molecule has 2 heterocycles. The van der Waals surface area contributed by atoms with E-state index in [1.54, 1.807) is 0 Å². The summed E-state index contributed by atoms with van der Waals surface area (Å²) >= 11 is 5.77. The number of allylic oxidation sites excluding steroid dienone is 2. The summed E-state index contributed by atoms with van der Waals surface area (Å²) in [7, 11) is 1.27. The van der Waals surface area contributed by atoms with Crippen LogP contribution >= 0.6 is 23.6 Å². The highest BCUT2D eigenvalue weighted by Gasteiger charge is 2.49. The zero-order valence-corrected chi connectivity index (χ0v) is 18.4. The molecule has 1 aliphatic rings. The summed E-state index contributed by atoms with van der Waals surface area (Å²) in [6.45, 7) is 0. The van der Waals surface area contributed by atoms with E-state index < -0.39 is 59.3 Å². The lowest BCUT2D eigenvalue weighted by Crippen LogP contribution is -2.38. The minimum absolute atomic E-state index is 0.155. The molecule has 3 rings (SSSR count). The number of hydrogen-bond acceptors (Lipinski definition) is 7. The predicted octanol–water partition coefficient (Wildman–Crippen LogP) is 3.22. The van der Waals surface area contributed by atoms with Crippen molar-refractivity contribution in [3.05, 3.63) is 43.2 Å². The number of nitrogens with one attached hydrogen (secondary N) is 2. The third-order valence-electron chi connectivity index (χ3n) is 5.15. The fraction of sp³-hybridized carbons (Fsp3) is 0.444. The molecule has 178 valence electrons. The van der Waals surface area contributed by atoms with Gasteiger partial charge in [0, 0.05) is 24.8 Å². The lowest BCUT2D eigenvalue weighted by atomic mass is 9.82. The maximum Gasteiger partial charge on any atom is 0.417 e. The molecule has 2 aromatic rings. The fourth-order valence-electron chi connectivity index (χ4n) is 3.46. The van der Waals surface area contributed by atoms with Crippen LogP contribution < -0.4 is 16.7 Å². The number of carbonyl (C=O) groups is 1.